The molecule has 0 aliphatic rings. The maximum Gasteiger partial charge on any atom is 0.164 e. The van der Waals surface area contributed by atoms with Crippen molar-refractivity contribution in [1.82, 2.24) is 4.98 Å². The molecule has 1 aromatic rings. The largest absolute Gasteiger partial charge is 0.367 e. The first-order chi connectivity index (χ1) is 6.41. The molecule has 2 heteroatoms. The number of nitrogens with one attached hydrogen (secondary N) is 1. The van der Waals surface area contributed by atoms with Crippen LogP contribution in [-0.4, -0.2) is 10.8 Å². The minimum absolute atomic E-state index is 0.200. The van der Waals surface area contributed by atoms with E-state index in [0.29, 0.717) is 12.3 Å². The Labute approximate surface area is 85.7 Å². The van der Waals surface area contributed by atoms with E-state index < -0.39 is 0 Å². The molecule has 1 N–H and O–H groups in total. The van der Waals surface area contributed by atoms with Crippen LogP contribution in [0.5, 0.6) is 0 Å². The van der Waals surface area contributed by atoms with Crippen molar-refractivity contribution < 1.29 is 4.79 Å². The zero-order valence-corrected chi connectivity index (χ0v) is 9.42. The van der Waals surface area contributed by atoms with Crippen molar-refractivity contribution in [2.24, 2.45) is 11.3 Å². The summed E-state index contributed by atoms with van der Waals surface area (Å²) in [5.41, 5.74) is 0.993. The van der Waals surface area contributed by atoms with E-state index in [4.69, 9.17) is 0 Å². The summed E-state index contributed by atoms with van der Waals surface area (Å²) >= 11 is 0. The van der Waals surface area contributed by atoms with Crippen molar-refractivity contribution in [2.75, 3.05) is 0 Å². The number of H-pyrrole nitrogens is 1. The molecule has 0 aromatic carbocycles. The monoisotopic (exact) mass is 193 g/mol. The van der Waals surface area contributed by atoms with E-state index >= 15 is 0 Å². The Balaban J connectivity index is 2.58. The summed E-state index contributed by atoms with van der Waals surface area (Å²) in [5, 5.41) is 0. The van der Waals surface area contributed by atoms with E-state index in [1.165, 1.54) is 0 Å². The Kier molecular flexibility index (Phi) is 3.14. The normalized spacial score (nSPS) is 14.0. The molecule has 14 heavy (non-hydrogen) atoms. The molecular weight excluding hydrogens is 174 g/mol. The number of aromatic nitrogens is 1. The van der Waals surface area contributed by atoms with Gasteiger partial charge in [-0.25, -0.2) is 0 Å². The molecule has 0 aliphatic carbocycles. The number of hydrogen-bond donors (Lipinski definition) is 1. The predicted octanol–water partition coefficient (Wildman–Crippen LogP) is 3.27. The summed E-state index contributed by atoms with van der Waals surface area (Å²) in [6.07, 6.45) is 4.17. The Morgan fingerprint density at radius 1 is 1.50 bits per heavy atom. The van der Waals surface area contributed by atoms with Gasteiger partial charge in [-0.2, -0.15) is 0 Å². The molecule has 1 aromatic heterocycles. The highest BCUT2D eigenvalue weighted by molar-refractivity contribution is 5.95. The minimum atomic E-state index is 0.200. The van der Waals surface area contributed by atoms with Crippen molar-refractivity contribution in [3.8, 4) is 0 Å². The second-order valence-electron chi connectivity index (χ2n) is 4.99. The fourth-order valence-electron chi connectivity index (χ4n) is 1.20. The van der Waals surface area contributed by atoms with E-state index in [-0.39, 0.29) is 11.2 Å². The van der Waals surface area contributed by atoms with Crippen LogP contribution < -0.4 is 0 Å². The van der Waals surface area contributed by atoms with Crippen molar-refractivity contribution >= 4 is 5.78 Å². The number of hydrogen-bond acceptors (Lipinski definition) is 1. The van der Waals surface area contributed by atoms with E-state index in [2.05, 4.69) is 32.7 Å². The molecule has 0 radical (unpaired) electrons. The van der Waals surface area contributed by atoms with Crippen LogP contribution in [0.3, 0.4) is 0 Å². The number of carbonyl (C=O) groups excluding carboxylic acids is 1. The lowest BCUT2D eigenvalue weighted by molar-refractivity contribution is 0.0927. The van der Waals surface area contributed by atoms with Crippen molar-refractivity contribution in [2.45, 2.75) is 34.1 Å². The Morgan fingerprint density at radius 3 is 2.57 bits per heavy atom. The van der Waals surface area contributed by atoms with E-state index in [9.17, 15) is 4.79 Å². The van der Waals surface area contributed by atoms with Gasteiger partial charge < -0.3 is 4.98 Å². The third-order valence-corrected chi connectivity index (χ3v) is 2.89. The first-order valence-corrected chi connectivity index (χ1v) is 5.07. The van der Waals surface area contributed by atoms with Crippen molar-refractivity contribution in [3.63, 3.8) is 0 Å². The maximum atomic E-state index is 11.7. The van der Waals surface area contributed by atoms with Crippen LogP contribution in [0.25, 0.3) is 0 Å². The van der Waals surface area contributed by atoms with Crippen LogP contribution in [0.15, 0.2) is 18.5 Å². The number of ketones is 1. The first kappa shape index (κ1) is 11.0. The average molecular weight is 193 g/mol. The lowest BCUT2D eigenvalue weighted by atomic mass is 9.79. The molecule has 1 rings (SSSR count). The van der Waals surface area contributed by atoms with E-state index in [0.717, 1.165) is 5.56 Å². The molecule has 1 unspecified atom stereocenters. The lowest BCUT2D eigenvalue weighted by Crippen LogP contribution is -2.20. The van der Waals surface area contributed by atoms with Crippen LogP contribution in [0.1, 0.15) is 44.5 Å². The first-order valence-electron chi connectivity index (χ1n) is 5.07. The second-order valence-corrected chi connectivity index (χ2v) is 4.99. The highest BCUT2D eigenvalue weighted by atomic mass is 16.1. The fourth-order valence-corrected chi connectivity index (χ4v) is 1.20. The molecule has 0 bridgehead atoms. The van der Waals surface area contributed by atoms with Crippen LogP contribution in [0.2, 0.25) is 0 Å². The van der Waals surface area contributed by atoms with Gasteiger partial charge in [0.1, 0.15) is 0 Å². The third kappa shape index (κ3) is 2.72. The van der Waals surface area contributed by atoms with Crippen molar-refractivity contribution in [3.05, 3.63) is 24.0 Å². The fraction of sp³-hybridized carbons (Fsp3) is 0.583. The number of carbonyl (C=O) groups is 1. The Bertz CT molecular complexity index is 293. The average Bonchev–Trinajstić information content (AvgIpc) is 2.53. The minimum Gasteiger partial charge on any atom is -0.367 e. The molecule has 0 fully saturated rings. The summed E-state index contributed by atoms with van der Waals surface area (Å²) < 4.78 is 0. The standard InChI is InChI=1S/C12H19NO/c1-9(12(2,3)4)7-11(14)10-5-6-13-8-10/h5-6,8-9,13H,7H2,1-4H3. The van der Waals surface area contributed by atoms with Gasteiger partial charge in [0.25, 0.3) is 0 Å². The molecule has 0 saturated carbocycles. The summed E-state index contributed by atoms with van der Waals surface area (Å²) in [5.74, 6) is 0.638. The zero-order valence-electron chi connectivity index (χ0n) is 9.42. The topological polar surface area (TPSA) is 32.9 Å². The summed E-state index contributed by atoms with van der Waals surface area (Å²) in [6.45, 7) is 8.64. The second kappa shape index (κ2) is 3.99. The maximum absolute atomic E-state index is 11.7. The van der Waals surface area contributed by atoms with Crippen LogP contribution in [0.4, 0.5) is 0 Å². The highest BCUT2D eigenvalue weighted by Gasteiger charge is 2.22. The van der Waals surface area contributed by atoms with Crippen molar-refractivity contribution in [1.29, 1.82) is 0 Å². The number of aromatic amines is 1. The molecule has 0 spiro atoms. The Morgan fingerprint density at radius 2 is 2.14 bits per heavy atom. The molecule has 1 atom stereocenters. The summed E-state index contributed by atoms with van der Waals surface area (Å²) in [4.78, 5) is 14.6. The molecule has 0 saturated heterocycles. The number of rotatable bonds is 3. The molecule has 1 heterocycles. The van der Waals surface area contributed by atoms with Gasteiger partial charge in [-0.05, 0) is 17.4 Å². The van der Waals surface area contributed by atoms with Gasteiger partial charge >= 0.3 is 0 Å². The summed E-state index contributed by atoms with van der Waals surface area (Å²) in [7, 11) is 0. The number of Topliss-reactive ketones (excluding diaryl/α,β-unsaturated/α-hetero) is 1. The molecular formula is C12H19NO. The molecule has 2 nitrogen and oxygen atoms in total. The van der Waals surface area contributed by atoms with Gasteiger partial charge in [-0.3, -0.25) is 4.79 Å². The van der Waals surface area contributed by atoms with Gasteiger partial charge in [-0.1, -0.05) is 27.7 Å². The molecule has 78 valence electrons. The van der Waals surface area contributed by atoms with Crippen LogP contribution in [0, 0.1) is 11.3 Å². The lowest BCUT2D eigenvalue weighted by Gasteiger charge is -2.26. The zero-order chi connectivity index (χ0) is 10.8. The molecule has 0 amide bonds. The van der Waals surface area contributed by atoms with Gasteiger partial charge in [0.05, 0.1) is 0 Å². The molecule has 0 aliphatic heterocycles. The van der Waals surface area contributed by atoms with Crippen LogP contribution in [-0.2, 0) is 0 Å². The van der Waals surface area contributed by atoms with Gasteiger partial charge in [0, 0.05) is 24.4 Å². The van der Waals surface area contributed by atoms with E-state index in [1.54, 1.807) is 12.4 Å². The quantitative estimate of drug-likeness (QED) is 0.734. The van der Waals surface area contributed by atoms with Gasteiger partial charge in [0.15, 0.2) is 5.78 Å². The van der Waals surface area contributed by atoms with Gasteiger partial charge in [-0.15, -0.1) is 0 Å². The highest BCUT2D eigenvalue weighted by Crippen LogP contribution is 2.28. The predicted molar refractivity (Wildman–Crippen MR) is 58.4 cm³/mol. The SMILES string of the molecule is CC(CC(=O)c1cc[nH]c1)C(C)(C)C. The smallest absolute Gasteiger partial charge is 0.164 e. The Hall–Kier alpha value is -1.05. The van der Waals surface area contributed by atoms with Crippen LogP contribution >= 0.6 is 0 Å². The van der Waals surface area contributed by atoms with Gasteiger partial charge in [0.2, 0.25) is 0 Å². The summed E-state index contributed by atoms with van der Waals surface area (Å²) in [6, 6.07) is 1.83. The van der Waals surface area contributed by atoms with E-state index in [1.807, 2.05) is 6.07 Å². The third-order valence-electron chi connectivity index (χ3n) is 2.89.